The van der Waals surface area contributed by atoms with E-state index in [1.165, 1.54) is 0 Å². The smallest absolute Gasteiger partial charge is 0.251 e. The molecule has 1 heterocycles. The fraction of sp³-hybridized carbons (Fsp3) is 0.238. The van der Waals surface area contributed by atoms with Crippen molar-refractivity contribution in [1.82, 2.24) is 19.8 Å². The van der Waals surface area contributed by atoms with Crippen molar-refractivity contribution < 1.29 is 4.79 Å². The molecule has 0 bridgehead atoms. The summed E-state index contributed by atoms with van der Waals surface area (Å²) in [6.45, 7) is 0.730. The van der Waals surface area contributed by atoms with E-state index >= 15 is 0 Å². The van der Waals surface area contributed by atoms with Gasteiger partial charge in [0, 0.05) is 30.2 Å². The van der Waals surface area contributed by atoms with Crippen LogP contribution < -0.4 is 5.32 Å². The molecule has 0 aliphatic heterocycles. The van der Waals surface area contributed by atoms with Crippen LogP contribution in [0.25, 0.3) is 5.69 Å². The molecule has 5 nitrogen and oxygen atoms in total. The van der Waals surface area contributed by atoms with Gasteiger partial charge in [-0.05, 0) is 44.1 Å². The van der Waals surface area contributed by atoms with Crippen molar-refractivity contribution >= 4 is 17.7 Å². The molecular weight excluding hydrogens is 356 g/mol. The highest BCUT2D eigenvalue weighted by Crippen LogP contribution is 2.20. The minimum Gasteiger partial charge on any atom is -0.344 e. The van der Waals surface area contributed by atoms with Crippen LogP contribution in [-0.4, -0.2) is 47.3 Å². The summed E-state index contributed by atoms with van der Waals surface area (Å²) in [4.78, 5) is 19.3. The molecular formula is C21H24N4OS. The van der Waals surface area contributed by atoms with Gasteiger partial charge in [-0.25, -0.2) is 4.98 Å². The van der Waals surface area contributed by atoms with E-state index in [2.05, 4.69) is 15.2 Å². The van der Waals surface area contributed by atoms with Gasteiger partial charge in [-0.1, -0.05) is 48.2 Å². The van der Waals surface area contributed by atoms with Crippen LogP contribution in [0.4, 0.5) is 0 Å². The van der Waals surface area contributed by atoms with Crippen LogP contribution in [0, 0.1) is 0 Å². The number of amides is 1. The van der Waals surface area contributed by atoms with E-state index in [1.807, 2.05) is 85.7 Å². The van der Waals surface area contributed by atoms with Crippen LogP contribution >= 0.6 is 11.8 Å². The van der Waals surface area contributed by atoms with Gasteiger partial charge in [0.25, 0.3) is 5.91 Å². The number of nitrogens with one attached hydrogen (secondary N) is 1. The Hall–Kier alpha value is -2.57. The number of hydrogen-bond donors (Lipinski definition) is 1. The minimum absolute atomic E-state index is 0.0765. The van der Waals surface area contributed by atoms with Gasteiger partial charge < -0.3 is 10.2 Å². The third-order valence-corrected chi connectivity index (χ3v) is 4.90. The SMILES string of the molecule is CSc1nccn1-c1cccc(C(=O)NC(CN(C)C)c2ccccc2)c1. The van der Waals surface area contributed by atoms with Crippen molar-refractivity contribution in [2.75, 3.05) is 26.9 Å². The molecule has 2 aromatic carbocycles. The second-order valence-corrected chi connectivity index (χ2v) is 7.31. The first-order chi connectivity index (χ1) is 13.1. The Kier molecular flexibility index (Phi) is 6.32. The predicted octanol–water partition coefficient (Wildman–Crippen LogP) is 3.63. The molecule has 1 unspecified atom stereocenters. The van der Waals surface area contributed by atoms with Gasteiger partial charge in [-0.3, -0.25) is 9.36 Å². The van der Waals surface area contributed by atoms with Gasteiger partial charge >= 0.3 is 0 Å². The van der Waals surface area contributed by atoms with Crippen molar-refractivity contribution in [1.29, 1.82) is 0 Å². The molecule has 0 saturated carbocycles. The average Bonchev–Trinajstić information content (AvgIpc) is 3.17. The highest BCUT2D eigenvalue weighted by atomic mass is 32.2. The first-order valence-corrected chi connectivity index (χ1v) is 9.99. The summed E-state index contributed by atoms with van der Waals surface area (Å²) in [7, 11) is 4.01. The number of rotatable bonds is 7. The molecule has 1 N–H and O–H groups in total. The average molecular weight is 381 g/mol. The van der Waals surface area contributed by atoms with Crippen LogP contribution in [0.2, 0.25) is 0 Å². The van der Waals surface area contributed by atoms with Gasteiger partial charge in [-0.2, -0.15) is 0 Å². The van der Waals surface area contributed by atoms with E-state index < -0.39 is 0 Å². The van der Waals surface area contributed by atoms with Gasteiger partial charge in [-0.15, -0.1) is 0 Å². The molecule has 1 atom stereocenters. The standard InChI is InChI=1S/C21H24N4OS/c1-24(2)15-19(16-8-5-4-6-9-16)23-20(26)17-10-7-11-18(14-17)25-13-12-22-21(25)27-3/h4-14,19H,15H2,1-3H3,(H,23,26). The quantitative estimate of drug-likeness (QED) is 0.636. The van der Waals surface area contributed by atoms with E-state index in [0.29, 0.717) is 5.56 Å². The Bertz CT molecular complexity index is 892. The second-order valence-electron chi connectivity index (χ2n) is 6.53. The number of aromatic nitrogens is 2. The Labute approximate surface area is 164 Å². The summed E-state index contributed by atoms with van der Waals surface area (Å²) >= 11 is 1.57. The third kappa shape index (κ3) is 4.78. The molecule has 0 spiro atoms. The Morgan fingerprint density at radius 3 is 2.67 bits per heavy atom. The largest absolute Gasteiger partial charge is 0.344 e. The lowest BCUT2D eigenvalue weighted by Gasteiger charge is -2.23. The Morgan fingerprint density at radius 1 is 1.19 bits per heavy atom. The number of thioether (sulfide) groups is 1. The zero-order chi connectivity index (χ0) is 19.2. The number of benzene rings is 2. The molecule has 3 rings (SSSR count). The zero-order valence-corrected chi connectivity index (χ0v) is 16.6. The van der Waals surface area contributed by atoms with E-state index in [1.54, 1.807) is 18.0 Å². The molecule has 27 heavy (non-hydrogen) atoms. The number of carbonyl (C=O) groups excluding carboxylic acids is 1. The van der Waals surface area contributed by atoms with Crippen molar-refractivity contribution in [2.24, 2.45) is 0 Å². The van der Waals surface area contributed by atoms with Crippen LogP contribution in [-0.2, 0) is 0 Å². The van der Waals surface area contributed by atoms with Crippen molar-refractivity contribution in [3.8, 4) is 5.69 Å². The molecule has 1 aromatic heterocycles. The molecule has 0 radical (unpaired) electrons. The molecule has 140 valence electrons. The molecule has 6 heteroatoms. The lowest BCUT2D eigenvalue weighted by molar-refractivity contribution is 0.0930. The second kappa shape index (κ2) is 8.88. The lowest BCUT2D eigenvalue weighted by atomic mass is 10.1. The van der Waals surface area contributed by atoms with Gasteiger partial charge in [0.2, 0.25) is 0 Å². The summed E-state index contributed by atoms with van der Waals surface area (Å²) in [5, 5.41) is 4.06. The fourth-order valence-corrected chi connectivity index (χ4v) is 3.49. The van der Waals surface area contributed by atoms with Crippen molar-refractivity contribution in [3.05, 3.63) is 78.1 Å². The summed E-state index contributed by atoms with van der Waals surface area (Å²) < 4.78 is 1.98. The summed E-state index contributed by atoms with van der Waals surface area (Å²) in [6.07, 6.45) is 5.66. The van der Waals surface area contributed by atoms with Crippen molar-refractivity contribution in [2.45, 2.75) is 11.2 Å². The first-order valence-electron chi connectivity index (χ1n) is 8.77. The number of hydrogen-bond acceptors (Lipinski definition) is 4. The number of imidazole rings is 1. The summed E-state index contributed by atoms with van der Waals surface area (Å²) in [5.41, 5.74) is 2.65. The molecule has 0 saturated heterocycles. The van der Waals surface area contributed by atoms with E-state index in [-0.39, 0.29) is 11.9 Å². The monoisotopic (exact) mass is 380 g/mol. The highest BCUT2D eigenvalue weighted by Gasteiger charge is 2.17. The Balaban J connectivity index is 1.83. The molecule has 0 aliphatic rings. The van der Waals surface area contributed by atoms with Crippen LogP contribution in [0.15, 0.2) is 72.1 Å². The maximum Gasteiger partial charge on any atom is 0.251 e. The summed E-state index contributed by atoms with van der Waals surface area (Å²) in [6, 6.07) is 17.6. The maximum atomic E-state index is 12.9. The maximum absolute atomic E-state index is 12.9. The van der Waals surface area contributed by atoms with E-state index in [9.17, 15) is 4.79 Å². The van der Waals surface area contributed by atoms with E-state index in [4.69, 9.17) is 0 Å². The molecule has 0 fully saturated rings. The number of nitrogens with zero attached hydrogens (tertiary/aromatic N) is 3. The van der Waals surface area contributed by atoms with E-state index in [0.717, 1.165) is 23.0 Å². The predicted molar refractivity (Wildman–Crippen MR) is 111 cm³/mol. The fourth-order valence-electron chi connectivity index (χ4n) is 2.96. The lowest BCUT2D eigenvalue weighted by Crippen LogP contribution is -2.35. The van der Waals surface area contributed by atoms with Crippen LogP contribution in [0.3, 0.4) is 0 Å². The normalized spacial score (nSPS) is 12.1. The van der Waals surface area contributed by atoms with Crippen molar-refractivity contribution in [3.63, 3.8) is 0 Å². The summed E-state index contributed by atoms with van der Waals surface area (Å²) in [5.74, 6) is -0.0848. The molecule has 1 amide bonds. The topological polar surface area (TPSA) is 50.2 Å². The number of likely N-dealkylation sites (N-methyl/N-ethyl adjacent to an activating group) is 1. The number of carbonyl (C=O) groups is 1. The van der Waals surface area contributed by atoms with Gasteiger partial charge in [0.05, 0.1) is 6.04 Å². The van der Waals surface area contributed by atoms with Gasteiger partial charge in [0.15, 0.2) is 5.16 Å². The minimum atomic E-state index is -0.0848. The zero-order valence-electron chi connectivity index (χ0n) is 15.8. The third-order valence-electron chi connectivity index (χ3n) is 4.23. The van der Waals surface area contributed by atoms with Crippen LogP contribution in [0.1, 0.15) is 22.0 Å². The van der Waals surface area contributed by atoms with Crippen LogP contribution in [0.5, 0.6) is 0 Å². The molecule has 0 aliphatic carbocycles. The molecule has 3 aromatic rings. The van der Waals surface area contributed by atoms with Gasteiger partial charge in [0.1, 0.15) is 0 Å². The Morgan fingerprint density at radius 2 is 1.96 bits per heavy atom. The first kappa shape index (κ1) is 19.2. The highest BCUT2D eigenvalue weighted by molar-refractivity contribution is 7.98.